The molecule has 1 aromatic heterocycles. The Morgan fingerprint density at radius 3 is 3.07 bits per heavy atom. The Bertz CT molecular complexity index is 483. The van der Waals surface area contributed by atoms with Gasteiger partial charge in [-0.25, -0.2) is 0 Å². The van der Waals surface area contributed by atoms with Crippen molar-refractivity contribution >= 4 is 22.5 Å². The molecule has 0 spiro atoms. The molecule has 3 rings (SSSR count). The predicted octanol–water partition coefficient (Wildman–Crippen LogP) is 2.90. The second-order valence-corrected chi connectivity index (χ2v) is 4.56. The van der Waals surface area contributed by atoms with Crippen molar-refractivity contribution in [1.82, 2.24) is 10.3 Å². The number of hydrogen-bond acceptors (Lipinski definition) is 1. The fourth-order valence-corrected chi connectivity index (χ4v) is 2.54. The largest absolute Gasteiger partial charge is 0.361 e. The Hall–Kier alpha value is -0.990. The first-order chi connectivity index (χ1) is 7.34. The summed E-state index contributed by atoms with van der Waals surface area (Å²) in [6.07, 6.45) is 3.35. The molecule has 15 heavy (non-hydrogen) atoms. The molecule has 78 valence electrons. The first-order valence-corrected chi connectivity index (χ1v) is 5.69. The molecule has 2 aromatic rings. The van der Waals surface area contributed by atoms with E-state index in [1.165, 1.54) is 22.9 Å². The van der Waals surface area contributed by atoms with Gasteiger partial charge in [0.25, 0.3) is 0 Å². The van der Waals surface area contributed by atoms with Crippen LogP contribution in [0, 0.1) is 0 Å². The second-order valence-electron chi connectivity index (χ2n) is 4.12. The van der Waals surface area contributed by atoms with Crippen LogP contribution in [0.5, 0.6) is 0 Å². The number of nitrogens with one attached hydrogen (secondary N) is 2. The van der Waals surface area contributed by atoms with E-state index in [-0.39, 0.29) is 0 Å². The first-order valence-electron chi connectivity index (χ1n) is 5.32. The van der Waals surface area contributed by atoms with Gasteiger partial charge in [0.2, 0.25) is 0 Å². The summed E-state index contributed by atoms with van der Waals surface area (Å²) in [6.45, 7) is 2.21. The monoisotopic (exact) mass is 220 g/mol. The summed E-state index contributed by atoms with van der Waals surface area (Å²) in [7, 11) is 0. The smallest absolute Gasteiger partial charge is 0.0457 e. The quantitative estimate of drug-likeness (QED) is 0.760. The Balaban J connectivity index is 2.13. The first kappa shape index (κ1) is 9.25. The summed E-state index contributed by atoms with van der Waals surface area (Å²) >= 11 is 6.02. The van der Waals surface area contributed by atoms with Gasteiger partial charge in [0.05, 0.1) is 0 Å². The normalized spacial score (nSPS) is 21.3. The molecule has 0 radical (unpaired) electrons. The lowest BCUT2D eigenvalue weighted by atomic mass is 9.98. The Kier molecular flexibility index (Phi) is 2.19. The zero-order chi connectivity index (χ0) is 10.3. The predicted molar refractivity (Wildman–Crippen MR) is 63.5 cm³/mol. The van der Waals surface area contributed by atoms with Crippen LogP contribution in [0.25, 0.3) is 10.9 Å². The molecule has 1 unspecified atom stereocenters. The fourth-order valence-electron chi connectivity index (χ4n) is 2.37. The van der Waals surface area contributed by atoms with Gasteiger partial charge in [-0.15, -0.1) is 0 Å². The van der Waals surface area contributed by atoms with E-state index >= 15 is 0 Å². The highest BCUT2D eigenvalue weighted by molar-refractivity contribution is 6.31. The number of fused-ring (bicyclic) bond motifs is 1. The van der Waals surface area contributed by atoms with Crippen LogP contribution in [0.15, 0.2) is 24.4 Å². The molecule has 1 atom stereocenters. The van der Waals surface area contributed by atoms with Crippen molar-refractivity contribution in [3.63, 3.8) is 0 Å². The molecule has 0 amide bonds. The van der Waals surface area contributed by atoms with Crippen LogP contribution in [0.4, 0.5) is 0 Å². The van der Waals surface area contributed by atoms with Gasteiger partial charge < -0.3 is 10.3 Å². The molecule has 2 nitrogen and oxygen atoms in total. The number of aromatic nitrogens is 1. The van der Waals surface area contributed by atoms with Crippen LogP contribution in [-0.4, -0.2) is 18.1 Å². The second kappa shape index (κ2) is 3.54. The summed E-state index contributed by atoms with van der Waals surface area (Å²) in [4.78, 5) is 3.31. The van der Waals surface area contributed by atoms with Gasteiger partial charge in [-0.1, -0.05) is 11.6 Å². The third-order valence-electron chi connectivity index (χ3n) is 3.18. The van der Waals surface area contributed by atoms with Crippen LogP contribution < -0.4 is 5.32 Å². The summed E-state index contributed by atoms with van der Waals surface area (Å²) in [5.41, 5.74) is 2.58. The molecule has 0 aliphatic carbocycles. The summed E-state index contributed by atoms with van der Waals surface area (Å²) < 4.78 is 0. The molecular weight excluding hydrogens is 208 g/mol. The lowest BCUT2D eigenvalue weighted by Gasteiger charge is -2.06. The Morgan fingerprint density at radius 2 is 2.27 bits per heavy atom. The SMILES string of the molecule is Clc1ccc2[nH]cc(C3CCNC3)c2c1. The van der Waals surface area contributed by atoms with Crippen molar-refractivity contribution in [2.45, 2.75) is 12.3 Å². The number of halogens is 1. The van der Waals surface area contributed by atoms with Crippen LogP contribution in [0.1, 0.15) is 17.9 Å². The molecule has 1 fully saturated rings. The molecule has 0 bridgehead atoms. The standard InChI is InChI=1S/C12H13ClN2/c13-9-1-2-12-10(5-9)11(7-15-12)8-3-4-14-6-8/h1-2,5,7-8,14-15H,3-4,6H2. The average Bonchev–Trinajstić information content (AvgIpc) is 2.83. The highest BCUT2D eigenvalue weighted by Gasteiger charge is 2.19. The van der Waals surface area contributed by atoms with Gasteiger partial charge in [-0.3, -0.25) is 0 Å². The molecule has 1 saturated heterocycles. The van der Waals surface area contributed by atoms with Gasteiger partial charge in [-0.2, -0.15) is 0 Å². The summed E-state index contributed by atoms with van der Waals surface area (Å²) in [6, 6.07) is 6.03. The van der Waals surface area contributed by atoms with E-state index in [2.05, 4.69) is 22.6 Å². The Morgan fingerprint density at radius 1 is 1.33 bits per heavy atom. The molecule has 1 aromatic carbocycles. The minimum Gasteiger partial charge on any atom is -0.361 e. The van der Waals surface area contributed by atoms with Crippen molar-refractivity contribution in [3.8, 4) is 0 Å². The Labute approximate surface area is 93.6 Å². The van der Waals surface area contributed by atoms with E-state index in [0.29, 0.717) is 5.92 Å². The van der Waals surface area contributed by atoms with Crippen molar-refractivity contribution in [1.29, 1.82) is 0 Å². The average molecular weight is 221 g/mol. The molecule has 3 heteroatoms. The van der Waals surface area contributed by atoms with Crippen LogP contribution >= 0.6 is 11.6 Å². The third-order valence-corrected chi connectivity index (χ3v) is 3.41. The van der Waals surface area contributed by atoms with E-state index in [1.54, 1.807) is 0 Å². The van der Waals surface area contributed by atoms with Gasteiger partial charge in [0, 0.05) is 28.7 Å². The molecule has 1 aliphatic rings. The van der Waals surface area contributed by atoms with E-state index in [0.717, 1.165) is 18.1 Å². The number of H-pyrrole nitrogens is 1. The van der Waals surface area contributed by atoms with E-state index in [1.807, 2.05) is 12.1 Å². The van der Waals surface area contributed by atoms with Gasteiger partial charge >= 0.3 is 0 Å². The highest BCUT2D eigenvalue weighted by atomic mass is 35.5. The maximum absolute atomic E-state index is 6.02. The highest BCUT2D eigenvalue weighted by Crippen LogP contribution is 2.30. The van der Waals surface area contributed by atoms with E-state index in [9.17, 15) is 0 Å². The summed E-state index contributed by atoms with van der Waals surface area (Å²) in [5.74, 6) is 0.636. The molecule has 2 heterocycles. The zero-order valence-corrected chi connectivity index (χ0v) is 9.14. The topological polar surface area (TPSA) is 27.8 Å². The fraction of sp³-hybridized carbons (Fsp3) is 0.333. The summed E-state index contributed by atoms with van der Waals surface area (Å²) in [5, 5.41) is 5.48. The maximum Gasteiger partial charge on any atom is 0.0457 e. The molecule has 0 saturated carbocycles. The van der Waals surface area contributed by atoms with E-state index in [4.69, 9.17) is 11.6 Å². The minimum atomic E-state index is 0.636. The zero-order valence-electron chi connectivity index (χ0n) is 8.39. The van der Waals surface area contributed by atoms with Gasteiger partial charge in [-0.05, 0) is 42.6 Å². The van der Waals surface area contributed by atoms with Gasteiger partial charge in [0.15, 0.2) is 0 Å². The number of rotatable bonds is 1. The third kappa shape index (κ3) is 1.54. The van der Waals surface area contributed by atoms with Gasteiger partial charge in [0.1, 0.15) is 0 Å². The van der Waals surface area contributed by atoms with Crippen molar-refractivity contribution in [2.75, 3.05) is 13.1 Å². The molecule has 2 N–H and O–H groups in total. The van der Waals surface area contributed by atoms with Crippen LogP contribution in [0.3, 0.4) is 0 Å². The number of benzene rings is 1. The molecule has 1 aliphatic heterocycles. The van der Waals surface area contributed by atoms with E-state index < -0.39 is 0 Å². The van der Waals surface area contributed by atoms with Crippen LogP contribution in [-0.2, 0) is 0 Å². The minimum absolute atomic E-state index is 0.636. The maximum atomic E-state index is 6.02. The van der Waals surface area contributed by atoms with Crippen molar-refractivity contribution < 1.29 is 0 Å². The molecular formula is C12H13ClN2. The number of aromatic amines is 1. The van der Waals surface area contributed by atoms with Crippen molar-refractivity contribution in [2.24, 2.45) is 0 Å². The van der Waals surface area contributed by atoms with Crippen molar-refractivity contribution in [3.05, 3.63) is 35.0 Å². The van der Waals surface area contributed by atoms with Crippen LogP contribution in [0.2, 0.25) is 5.02 Å². The lowest BCUT2D eigenvalue weighted by Crippen LogP contribution is -2.07. The lowest BCUT2D eigenvalue weighted by molar-refractivity contribution is 0.769. The number of hydrogen-bond donors (Lipinski definition) is 2.